The summed E-state index contributed by atoms with van der Waals surface area (Å²) in [5, 5.41) is 3.90. The molecule has 0 radical (unpaired) electrons. The molecule has 0 N–H and O–H groups in total. The first-order chi connectivity index (χ1) is 7.52. The highest BCUT2D eigenvalue weighted by atomic mass is 16.5. The fourth-order valence-corrected chi connectivity index (χ4v) is 1.73. The number of rotatable bonds is 6. The van der Waals surface area contributed by atoms with Gasteiger partial charge in [-0.1, -0.05) is 25.9 Å². The number of aryl methyl sites for hydroxylation is 1. The van der Waals surface area contributed by atoms with E-state index in [0.29, 0.717) is 12.0 Å². The van der Waals surface area contributed by atoms with Crippen molar-refractivity contribution in [3.05, 3.63) is 11.7 Å². The third-order valence-corrected chi connectivity index (χ3v) is 2.78. The number of hydrogen-bond acceptors (Lipinski definition) is 4. The quantitative estimate of drug-likeness (QED) is 0.746. The topological polar surface area (TPSA) is 42.2 Å². The molecular weight excluding hydrogens is 202 g/mol. The van der Waals surface area contributed by atoms with Crippen LogP contribution >= 0.6 is 0 Å². The molecule has 1 aromatic heterocycles. The number of hydrogen-bond donors (Lipinski definition) is 0. The van der Waals surface area contributed by atoms with Gasteiger partial charge < -0.3 is 4.52 Å². The average Bonchev–Trinajstić information content (AvgIpc) is 2.64. The molecule has 0 bridgehead atoms. The summed E-state index contributed by atoms with van der Waals surface area (Å²) >= 11 is 0. The van der Waals surface area contributed by atoms with Gasteiger partial charge in [-0.3, -0.25) is 4.90 Å². The van der Waals surface area contributed by atoms with Crippen molar-refractivity contribution in [3.8, 4) is 0 Å². The van der Waals surface area contributed by atoms with Crippen LogP contribution in [0.4, 0.5) is 0 Å². The molecule has 1 unspecified atom stereocenters. The predicted octanol–water partition coefficient (Wildman–Crippen LogP) is 2.50. The van der Waals surface area contributed by atoms with Crippen LogP contribution in [-0.2, 0) is 13.0 Å². The fraction of sp³-hybridized carbons (Fsp3) is 0.833. The first-order valence-corrected chi connectivity index (χ1v) is 6.04. The van der Waals surface area contributed by atoms with E-state index in [9.17, 15) is 0 Å². The molecule has 4 heteroatoms. The lowest BCUT2D eigenvalue weighted by atomic mass is 10.0. The molecule has 0 spiro atoms. The maximum absolute atomic E-state index is 5.18. The predicted molar refractivity (Wildman–Crippen MR) is 64.1 cm³/mol. The minimum absolute atomic E-state index is 0.539. The summed E-state index contributed by atoms with van der Waals surface area (Å²) in [6.07, 6.45) is 2.01. The molecule has 1 heterocycles. The van der Waals surface area contributed by atoms with Crippen LogP contribution in [0.15, 0.2) is 4.52 Å². The Morgan fingerprint density at radius 1 is 1.31 bits per heavy atom. The van der Waals surface area contributed by atoms with Gasteiger partial charge >= 0.3 is 0 Å². The lowest BCUT2D eigenvalue weighted by Gasteiger charge is -2.24. The molecule has 1 atom stereocenters. The Kier molecular flexibility index (Phi) is 4.93. The molecule has 16 heavy (non-hydrogen) atoms. The monoisotopic (exact) mass is 225 g/mol. The zero-order valence-corrected chi connectivity index (χ0v) is 11.0. The minimum Gasteiger partial charge on any atom is -0.338 e. The highest BCUT2D eigenvalue weighted by molar-refractivity contribution is 4.85. The second kappa shape index (κ2) is 5.99. The van der Waals surface area contributed by atoms with Gasteiger partial charge in [0.05, 0.1) is 6.54 Å². The standard InChI is InChI=1S/C12H23N3O/c1-6-11-13-12(16-14-11)8-15(5)10(4)7-9(2)3/h9-10H,6-8H2,1-5H3. The fourth-order valence-electron chi connectivity index (χ4n) is 1.73. The van der Waals surface area contributed by atoms with E-state index in [0.717, 1.165) is 24.7 Å². The van der Waals surface area contributed by atoms with E-state index in [4.69, 9.17) is 4.52 Å². The van der Waals surface area contributed by atoms with Gasteiger partial charge in [-0.15, -0.1) is 0 Å². The third kappa shape index (κ3) is 3.93. The minimum atomic E-state index is 0.539. The summed E-state index contributed by atoms with van der Waals surface area (Å²) in [5.74, 6) is 2.22. The molecule has 0 amide bonds. The first kappa shape index (κ1) is 13.2. The van der Waals surface area contributed by atoms with Crippen molar-refractivity contribution in [2.24, 2.45) is 5.92 Å². The Labute approximate surface area is 98.0 Å². The molecule has 0 aromatic carbocycles. The molecule has 0 aliphatic carbocycles. The van der Waals surface area contributed by atoms with Crippen molar-refractivity contribution in [3.63, 3.8) is 0 Å². The molecule has 0 saturated heterocycles. The van der Waals surface area contributed by atoms with Crippen LogP contribution in [0.5, 0.6) is 0 Å². The molecule has 4 nitrogen and oxygen atoms in total. The number of nitrogens with zero attached hydrogens (tertiary/aromatic N) is 3. The van der Waals surface area contributed by atoms with Crippen LogP contribution in [0.3, 0.4) is 0 Å². The maximum Gasteiger partial charge on any atom is 0.240 e. The first-order valence-electron chi connectivity index (χ1n) is 6.04. The van der Waals surface area contributed by atoms with Gasteiger partial charge in [-0.2, -0.15) is 4.98 Å². The van der Waals surface area contributed by atoms with Gasteiger partial charge in [0.15, 0.2) is 5.82 Å². The Bertz CT molecular complexity index is 309. The van der Waals surface area contributed by atoms with Crippen molar-refractivity contribution in [2.75, 3.05) is 7.05 Å². The molecule has 0 aliphatic rings. The zero-order chi connectivity index (χ0) is 12.1. The van der Waals surface area contributed by atoms with E-state index < -0.39 is 0 Å². The van der Waals surface area contributed by atoms with E-state index in [2.05, 4.69) is 42.9 Å². The van der Waals surface area contributed by atoms with Crippen LogP contribution in [0.25, 0.3) is 0 Å². The van der Waals surface area contributed by atoms with E-state index in [1.807, 2.05) is 6.92 Å². The van der Waals surface area contributed by atoms with Crippen LogP contribution < -0.4 is 0 Å². The summed E-state index contributed by atoms with van der Waals surface area (Å²) in [6.45, 7) is 9.48. The van der Waals surface area contributed by atoms with Crippen LogP contribution in [0.1, 0.15) is 45.8 Å². The second-order valence-corrected chi connectivity index (χ2v) is 4.85. The summed E-state index contributed by atoms with van der Waals surface area (Å²) in [4.78, 5) is 6.57. The molecule has 0 fully saturated rings. The molecule has 1 aromatic rings. The Hall–Kier alpha value is -0.900. The molecule has 0 aliphatic heterocycles. The van der Waals surface area contributed by atoms with Gasteiger partial charge in [0.25, 0.3) is 0 Å². The van der Waals surface area contributed by atoms with E-state index in [1.54, 1.807) is 0 Å². The summed E-state index contributed by atoms with van der Waals surface area (Å²) in [6, 6.07) is 0.539. The van der Waals surface area contributed by atoms with Crippen LogP contribution in [0.2, 0.25) is 0 Å². The van der Waals surface area contributed by atoms with Crippen LogP contribution in [0, 0.1) is 5.92 Å². The Balaban J connectivity index is 2.46. The Morgan fingerprint density at radius 2 is 2.00 bits per heavy atom. The van der Waals surface area contributed by atoms with Crippen molar-refractivity contribution in [1.82, 2.24) is 15.0 Å². The summed E-state index contributed by atoms with van der Waals surface area (Å²) < 4.78 is 5.18. The van der Waals surface area contributed by atoms with Crippen molar-refractivity contribution >= 4 is 0 Å². The van der Waals surface area contributed by atoms with Gasteiger partial charge in [-0.05, 0) is 26.3 Å². The Morgan fingerprint density at radius 3 is 2.50 bits per heavy atom. The highest BCUT2D eigenvalue weighted by Gasteiger charge is 2.14. The SMILES string of the molecule is CCc1noc(CN(C)C(C)CC(C)C)n1. The molecule has 92 valence electrons. The smallest absolute Gasteiger partial charge is 0.240 e. The van der Waals surface area contributed by atoms with Crippen molar-refractivity contribution < 1.29 is 4.52 Å². The molecular formula is C12H23N3O. The van der Waals surface area contributed by atoms with Gasteiger partial charge in [0, 0.05) is 12.5 Å². The summed E-state index contributed by atoms with van der Waals surface area (Å²) in [5.41, 5.74) is 0. The maximum atomic E-state index is 5.18. The van der Waals surface area contributed by atoms with Crippen molar-refractivity contribution in [2.45, 2.75) is 53.1 Å². The second-order valence-electron chi connectivity index (χ2n) is 4.85. The van der Waals surface area contributed by atoms with E-state index in [1.165, 1.54) is 6.42 Å². The van der Waals surface area contributed by atoms with E-state index >= 15 is 0 Å². The largest absolute Gasteiger partial charge is 0.338 e. The average molecular weight is 225 g/mol. The van der Waals surface area contributed by atoms with Gasteiger partial charge in [0.2, 0.25) is 5.89 Å². The normalized spacial score (nSPS) is 13.7. The van der Waals surface area contributed by atoms with Crippen molar-refractivity contribution in [1.29, 1.82) is 0 Å². The van der Waals surface area contributed by atoms with Gasteiger partial charge in [-0.25, -0.2) is 0 Å². The molecule has 1 rings (SSSR count). The lowest BCUT2D eigenvalue weighted by molar-refractivity contribution is 0.194. The third-order valence-electron chi connectivity index (χ3n) is 2.78. The van der Waals surface area contributed by atoms with Crippen LogP contribution in [-0.4, -0.2) is 28.1 Å². The highest BCUT2D eigenvalue weighted by Crippen LogP contribution is 2.12. The van der Waals surface area contributed by atoms with E-state index in [-0.39, 0.29) is 0 Å². The van der Waals surface area contributed by atoms with Gasteiger partial charge in [0.1, 0.15) is 0 Å². The molecule has 0 saturated carbocycles. The lowest BCUT2D eigenvalue weighted by Crippen LogP contribution is -2.29. The summed E-state index contributed by atoms with van der Waals surface area (Å²) in [7, 11) is 2.10. The zero-order valence-electron chi connectivity index (χ0n) is 11.0. The number of aromatic nitrogens is 2.